The highest BCUT2D eigenvalue weighted by molar-refractivity contribution is 7.99. The van der Waals surface area contributed by atoms with Crippen molar-refractivity contribution in [2.45, 2.75) is 23.1 Å². The number of hydrogen-bond donors (Lipinski definition) is 1. The first-order chi connectivity index (χ1) is 14.5. The second-order valence-corrected chi connectivity index (χ2v) is 8.16. The van der Waals surface area contributed by atoms with Crippen LogP contribution in [-0.2, 0) is 11.8 Å². The van der Waals surface area contributed by atoms with E-state index in [1.165, 1.54) is 11.8 Å². The number of nitrogens with zero attached hydrogens (tertiary/aromatic N) is 3. The van der Waals surface area contributed by atoms with Gasteiger partial charge in [-0.2, -0.15) is 0 Å². The van der Waals surface area contributed by atoms with Crippen LogP contribution in [0.3, 0.4) is 0 Å². The highest BCUT2D eigenvalue weighted by Gasteiger charge is 2.18. The molecule has 0 saturated carbocycles. The van der Waals surface area contributed by atoms with E-state index in [1.54, 1.807) is 18.9 Å². The van der Waals surface area contributed by atoms with Crippen LogP contribution in [0.4, 0.5) is 5.69 Å². The molecule has 0 bridgehead atoms. The van der Waals surface area contributed by atoms with Gasteiger partial charge in [0, 0.05) is 11.9 Å². The second-order valence-electron chi connectivity index (χ2n) is 6.37. The number of carbonyl (C=O) groups excluding carboxylic acids is 1. The van der Waals surface area contributed by atoms with Gasteiger partial charge in [-0.25, -0.2) is 0 Å². The molecule has 0 radical (unpaired) electrons. The molecule has 30 heavy (non-hydrogen) atoms. The Morgan fingerprint density at radius 3 is 2.53 bits per heavy atom. The molecule has 7 nitrogen and oxygen atoms in total. The number of carbonyl (C=O) groups is 1. The van der Waals surface area contributed by atoms with Gasteiger partial charge in [-0.1, -0.05) is 23.9 Å². The average molecular weight is 445 g/mol. The number of anilines is 1. The third-order valence-electron chi connectivity index (χ3n) is 4.32. The van der Waals surface area contributed by atoms with Gasteiger partial charge in [0.15, 0.2) is 17.1 Å². The summed E-state index contributed by atoms with van der Waals surface area (Å²) in [4.78, 5) is 13.4. The molecule has 3 aromatic rings. The average Bonchev–Trinajstić information content (AvgIpc) is 3.13. The maximum absolute atomic E-state index is 12.4. The van der Waals surface area contributed by atoms with Gasteiger partial charge in [-0.15, -0.1) is 22.0 Å². The van der Waals surface area contributed by atoms with Crippen molar-refractivity contribution in [3.8, 4) is 11.5 Å². The van der Waals surface area contributed by atoms with Crippen LogP contribution < -0.4 is 14.8 Å². The molecule has 1 heterocycles. The minimum atomic E-state index is -0.299. The normalized spacial score (nSPS) is 11.7. The van der Waals surface area contributed by atoms with Crippen LogP contribution in [0.1, 0.15) is 18.9 Å². The van der Waals surface area contributed by atoms with Gasteiger partial charge in [0.05, 0.1) is 18.6 Å². The van der Waals surface area contributed by atoms with Crippen molar-refractivity contribution in [2.75, 3.05) is 24.4 Å². The van der Waals surface area contributed by atoms with E-state index in [0.717, 1.165) is 16.3 Å². The van der Waals surface area contributed by atoms with Gasteiger partial charge in [0.25, 0.3) is 0 Å². The molecule has 1 atom stereocenters. The third-order valence-corrected chi connectivity index (χ3v) is 6.13. The SMILES string of the molecule is COc1ccc(OC(C)c2nnc(SCC(=O)Nc3ccccc3SC)n2C)cc1. The summed E-state index contributed by atoms with van der Waals surface area (Å²) >= 11 is 2.93. The number of ether oxygens (including phenoxy) is 2. The molecule has 1 N–H and O–H groups in total. The van der Waals surface area contributed by atoms with Crippen molar-refractivity contribution in [2.24, 2.45) is 7.05 Å². The number of nitrogens with one attached hydrogen (secondary N) is 1. The van der Waals surface area contributed by atoms with Gasteiger partial charge in [0.1, 0.15) is 11.5 Å². The van der Waals surface area contributed by atoms with Gasteiger partial charge in [0.2, 0.25) is 5.91 Å². The summed E-state index contributed by atoms with van der Waals surface area (Å²) in [5.41, 5.74) is 0.816. The van der Waals surface area contributed by atoms with Gasteiger partial charge < -0.3 is 19.4 Å². The van der Waals surface area contributed by atoms with E-state index in [1.807, 2.05) is 73.3 Å². The minimum absolute atomic E-state index is 0.0893. The van der Waals surface area contributed by atoms with E-state index in [-0.39, 0.29) is 17.8 Å². The first-order valence-corrected chi connectivity index (χ1v) is 11.5. The number of amides is 1. The molecule has 0 saturated heterocycles. The second kappa shape index (κ2) is 10.4. The Bertz CT molecular complexity index is 992. The highest BCUT2D eigenvalue weighted by atomic mass is 32.2. The van der Waals surface area contributed by atoms with E-state index in [0.29, 0.717) is 16.7 Å². The zero-order valence-corrected chi connectivity index (χ0v) is 18.9. The molecule has 2 aromatic carbocycles. The lowest BCUT2D eigenvalue weighted by Crippen LogP contribution is -2.15. The lowest BCUT2D eigenvalue weighted by molar-refractivity contribution is -0.113. The minimum Gasteiger partial charge on any atom is -0.497 e. The predicted octanol–water partition coefficient (Wildman–Crippen LogP) is 4.42. The fourth-order valence-electron chi connectivity index (χ4n) is 2.78. The standard InChI is InChI=1S/C21H24N4O3S2/c1-14(28-16-11-9-15(27-3)10-12-16)20-23-24-21(25(20)2)30-13-19(26)22-17-7-5-6-8-18(17)29-4/h5-12,14H,13H2,1-4H3,(H,22,26). The predicted molar refractivity (Wildman–Crippen MR) is 121 cm³/mol. The number of thioether (sulfide) groups is 2. The van der Waals surface area contributed by atoms with Crippen LogP contribution >= 0.6 is 23.5 Å². The van der Waals surface area contributed by atoms with E-state index in [4.69, 9.17) is 9.47 Å². The van der Waals surface area contributed by atoms with Crippen LogP contribution in [-0.4, -0.2) is 39.8 Å². The molecule has 0 aliphatic heterocycles. The zero-order valence-electron chi connectivity index (χ0n) is 17.3. The lowest BCUT2D eigenvalue weighted by Gasteiger charge is -2.14. The number of methoxy groups -OCH3 is 1. The van der Waals surface area contributed by atoms with Crippen LogP contribution in [0, 0.1) is 0 Å². The summed E-state index contributed by atoms with van der Waals surface area (Å²) in [7, 11) is 3.49. The molecule has 1 amide bonds. The quantitative estimate of drug-likeness (QED) is 0.490. The molecule has 1 unspecified atom stereocenters. The molecule has 1 aromatic heterocycles. The molecule has 0 aliphatic rings. The zero-order chi connectivity index (χ0) is 21.5. The first-order valence-electron chi connectivity index (χ1n) is 9.27. The van der Waals surface area contributed by atoms with Gasteiger partial charge in [-0.3, -0.25) is 4.79 Å². The fraction of sp³-hybridized carbons (Fsp3) is 0.286. The fourth-order valence-corrected chi connectivity index (χ4v) is 4.05. The van der Waals surface area contributed by atoms with Crippen LogP contribution in [0.15, 0.2) is 58.6 Å². The molecule has 9 heteroatoms. The monoisotopic (exact) mass is 444 g/mol. The van der Waals surface area contributed by atoms with Crippen molar-refractivity contribution < 1.29 is 14.3 Å². The molecular weight excluding hydrogens is 420 g/mol. The Hall–Kier alpha value is -2.65. The van der Waals surface area contributed by atoms with E-state index in [9.17, 15) is 4.79 Å². The van der Waals surface area contributed by atoms with Crippen molar-refractivity contribution in [3.05, 3.63) is 54.4 Å². The van der Waals surface area contributed by atoms with Gasteiger partial charge in [-0.05, 0) is 49.6 Å². The molecule has 0 aliphatic carbocycles. The van der Waals surface area contributed by atoms with Crippen molar-refractivity contribution >= 4 is 35.1 Å². The van der Waals surface area contributed by atoms with Crippen LogP contribution in [0.5, 0.6) is 11.5 Å². The van der Waals surface area contributed by atoms with Crippen LogP contribution in [0.2, 0.25) is 0 Å². The number of benzene rings is 2. The summed E-state index contributed by atoms with van der Waals surface area (Å²) in [6.45, 7) is 1.91. The van der Waals surface area contributed by atoms with E-state index in [2.05, 4.69) is 15.5 Å². The molecule has 158 valence electrons. The largest absolute Gasteiger partial charge is 0.497 e. The number of para-hydroxylation sites is 1. The summed E-state index contributed by atoms with van der Waals surface area (Å²) in [5.74, 6) is 2.32. The number of rotatable bonds is 9. The summed E-state index contributed by atoms with van der Waals surface area (Å²) in [6.07, 6.45) is 1.68. The Labute approximate surface area is 184 Å². The molecule has 0 fully saturated rings. The summed E-state index contributed by atoms with van der Waals surface area (Å²) < 4.78 is 13.0. The van der Waals surface area contributed by atoms with E-state index < -0.39 is 0 Å². The van der Waals surface area contributed by atoms with Crippen molar-refractivity contribution in [1.82, 2.24) is 14.8 Å². The molecular formula is C21H24N4O3S2. The topological polar surface area (TPSA) is 78.3 Å². The Morgan fingerprint density at radius 1 is 1.13 bits per heavy atom. The summed E-state index contributed by atoms with van der Waals surface area (Å²) in [6, 6.07) is 15.1. The van der Waals surface area contributed by atoms with Crippen LogP contribution in [0.25, 0.3) is 0 Å². The third kappa shape index (κ3) is 5.48. The maximum atomic E-state index is 12.4. The maximum Gasteiger partial charge on any atom is 0.234 e. The Kier molecular flexibility index (Phi) is 7.64. The molecule has 0 spiro atoms. The number of hydrogen-bond acceptors (Lipinski definition) is 7. The highest BCUT2D eigenvalue weighted by Crippen LogP contribution is 2.27. The lowest BCUT2D eigenvalue weighted by atomic mass is 10.3. The van der Waals surface area contributed by atoms with Crippen molar-refractivity contribution in [1.29, 1.82) is 0 Å². The van der Waals surface area contributed by atoms with E-state index >= 15 is 0 Å². The Balaban J connectivity index is 1.58. The number of aromatic nitrogens is 3. The van der Waals surface area contributed by atoms with Crippen molar-refractivity contribution in [3.63, 3.8) is 0 Å². The molecule has 3 rings (SSSR count). The Morgan fingerprint density at radius 2 is 1.83 bits per heavy atom. The first kappa shape index (κ1) is 22.0. The smallest absolute Gasteiger partial charge is 0.234 e. The summed E-state index contributed by atoms with van der Waals surface area (Å²) in [5, 5.41) is 12.1. The van der Waals surface area contributed by atoms with Gasteiger partial charge >= 0.3 is 0 Å².